The third-order valence-electron chi connectivity index (χ3n) is 5.36. The first kappa shape index (κ1) is 18.1. The molecule has 4 aliphatic carbocycles. The molecule has 0 heterocycles. The first-order valence-electron chi connectivity index (χ1n) is 8.98. The second-order valence-electron chi connectivity index (χ2n) is 8.37. The molecule has 0 atom stereocenters. The molecule has 0 unspecified atom stereocenters. The molecule has 0 aromatic heterocycles. The summed E-state index contributed by atoms with van der Waals surface area (Å²) in [5.74, 6) is 2.20. The number of carbonyl (C=O) groups is 1. The van der Waals surface area contributed by atoms with Crippen molar-refractivity contribution in [2.24, 2.45) is 17.8 Å². The predicted octanol–water partition coefficient (Wildman–Crippen LogP) is 5.68. The fourth-order valence-electron chi connectivity index (χ4n) is 5.27. The van der Waals surface area contributed by atoms with E-state index in [1.807, 2.05) is 27.7 Å². The van der Waals surface area contributed by atoms with Gasteiger partial charge in [0.25, 0.3) is 0 Å². The van der Waals surface area contributed by atoms with Gasteiger partial charge in [-0.25, -0.2) is 0 Å². The molecule has 4 saturated carbocycles. The first-order valence-corrected chi connectivity index (χ1v) is 11.1. The standard InChI is InChI=1S/C17H30ClO4P/c1-11(2)20-23(16(18)19,21-12(3)4)22-17-8-13-5-14(9-17)7-15(6-13)10-17/h11-15,23H,5-10H2,1-4H3. The van der Waals surface area contributed by atoms with Crippen molar-refractivity contribution in [3.8, 4) is 0 Å². The average Bonchev–Trinajstić information content (AvgIpc) is 2.33. The molecular formula is C17H30ClO4P. The predicted molar refractivity (Wildman–Crippen MR) is 94.0 cm³/mol. The van der Waals surface area contributed by atoms with Crippen LogP contribution in [0, 0.1) is 17.8 Å². The van der Waals surface area contributed by atoms with E-state index in [1.165, 1.54) is 19.3 Å². The van der Waals surface area contributed by atoms with Gasteiger partial charge < -0.3 is 0 Å². The van der Waals surface area contributed by atoms with Gasteiger partial charge in [-0.3, -0.25) is 0 Å². The van der Waals surface area contributed by atoms with E-state index in [1.54, 1.807) is 0 Å². The fourth-order valence-corrected chi connectivity index (χ4v) is 8.13. The second-order valence-corrected chi connectivity index (χ2v) is 11.3. The van der Waals surface area contributed by atoms with Crippen LogP contribution in [0.3, 0.4) is 0 Å². The van der Waals surface area contributed by atoms with E-state index in [0.717, 1.165) is 37.0 Å². The van der Waals surface area contributed by atoms with Gasteiger partial charge in [0.15, 0.2) is 0 Å². The minimum absolute atomic E-state index is 0.156. The molecule has 0 radical (unpaired) electrons. The van der Waals surface area contributed by atoms with Crippen molar-refractivity contribution in [2.45, 2.75) is 84.0 Å². The molecule has 0 spiro atoms. The van der Waals surface area contributed by atoms with Gasteiger partial charge in [-0.05, 0) is 0 Å². The Bertz CT molecular complexity index is 420. The zero-order valence-electron chi connectivity index (χ0n) is 14.6. The van der Waals surface area contributed by atoms with E-state index >= 15 is 0 Å². The Hall–Kier alpha value is 0.270. The topological polar surface area (TPSA) is 44.8 Å². The van der Waals surface area contributed by atoms with Crippen LogP contribution in [0.5, 0.6) is 0 Å². The van der Waals surface area contributed by atoms with Crippen LogP contribution in [0.25, 0.3) is 0 Å². The quantitative estimate of drug-likeness (QED) is 0.431. The summed E-state index contributed by atoms with van der Waals surface area (Å²) >= 11 is 5.98. The third-order valence-corrected chi connectivity index (χ3v) is 8.80. The normalized spacial score (nSPS) is 36.9. The summed E-state index contributed by atoms with van der Waals surface area (Å²) in [4.78, 5) is 11.7. The Kier molecular flexibility index (Phi) is 5.13. The maximum absolute atomic E-state index is 12.3. The molecule has 0 aromatic rings. The Morgan fingerprint density at radius 2 is 1.35 bits per heavy atom. The summed E-state index contributed by atoms with van der Waals surface area (Å²) in [5, 5.41) is 0. The second kappa shape index (κ2) is 6.53. The molecule has 4 aliphatic rings. The molecule has 4 bridgehead atoms. The van der Waals surface area contributed by atoms with E-state index in [9.17, 15) is 4.79 Å². The Morgan fingerprint density at radius 3 is 1.65 bits per heavy atom. The SMILES string of the molecule is CC(C)O[PH](OC(C)C)(OC12CC3CC(CC(C3)C1)C2)C(=O)Cl. The van der Waals surface area contributed by atoms with Gasteiger partial charge in [-0.1, -0.05) is 0 Å². The molecule has 134 valence electrons. The summed E-state index contributed by atoms with van der Waals surface area (Å²) in [6.45, 7) is 7.59. The van der Waals surface area contributed by atoms with Gasteiger partial charge in [-0.15, -0.1) is 0 Å². The number of halogens is 1. The van der Waals surface area contributed by atoms with E-state index < -0.39 is 12.9 Å². The maximum atomic E-state index is 12.3. The summed E-state index contributed by atoms with van der Waals surface area (Å²) in [6, 6.07) is 0. The molecule has 6 heteroatoms. The van der Waals surface area contributed by atoms with Crippen molar-refractivity contribution in [1.29, 1.82) is 0 Å². The van der Waals surface area contributed by atoms with Gasteiger partial charge in [0.1, 0.15) is 0 Å². The van der Waals surface area contributed by atoms with E-state index in [2.05, 4.69) is 0 Å². The van der Waals surface area contributed by atoms with Crippen molar-refractivity contribution in [1.82, 2.24) is 0 Å². The van der Waals surface area contributed by atoms with Crippen LogP contribution in [-0.2, 0) is 13.6 Å². The van der Waals surface area contributed by atoms with Crippen molar-refractivity contribution in [3.63, 3.8) is 0 Å². The van der Waals surface area contributed by atoms with Crippen LogP contribution in [0.2, 0.25) is 0 Å². The van der Waals surface area contributed by atoms with Crippen LogP contribution in [0.1, 0.15) is 66.2 Å². The van der Waals surface area contributed by atoms with Gasteiger partial charge in [-0.2, -0.15) is 0 Å². The van der Waals surface area contributed by atoms with Crippen LogP contribution < -0.4 is 0 Å². The van der Waals surface area contributed by atoms with Gasteiger partial charge in [0.2, 0.25) is 0 Å². The molecule has 0 aliphatic heterocycles. The van der Waals surface area contributed by atoms with Crippen LogP contribution in [-0.4, -0.2) is 22.8 Å². The molecule has 23 heavy (non-hydrogen) atoms. The van der Waals surface area contributed by atoms with Gasteiger partial charge in [0, 0.05) is 0 Å². The molecule has 4 fully saturated rings. The summed E-state index contributed by atoms with van der Waals surface area (Å²) in [6.07, 6.45) is 6.74. The van der Waals surface area contributed by atoms with Gasteiger partial charge in [0.05, 0.1) is 0 Å². The van der Waals surface area contributed by atoms with Crippen molar-refractivity contribution < 1.29 is 18.4 Å². The average molecular weight is 365 g/mol. The zero-order valence-corrected chi connectivity index (χ0v) is 16.4. The van der Waals surface area contributed by atoms with Crippen molar-refractivity contribution in [2.75, 3.05) is 0 Å². The molecule has 0 aromatic carbocycles. The van der Waals surface area contributed by atoms with Crippen LogP contribution in [0.15, 0.2) is 0 Å². The Balaban J connectivity index is 1.86. The molecule has 4 rings (SSSR count). The Morgan fingerprint density at radius 1 is 0.957 bits per heavy atom. The number of carbonyl (C=O) groups excluding carboxylic acids is 1. The molecule has 0 N–H and O–H groups in total. The summed E-state index contributed by atoms with van der Waals surface area (Å²) in [5.41, 5.74) is -0.255. The van der Waals surface area contributed by atoms with Gasteiger partial charge >= 0.3 is 145 Å². The van der Waals surface area contributed by atoms with E-state index in [-0.39, 0.29) is 17.8 Å². The van der Waals surface area contributed by atoms with Crippen molar-refractivity contribution in [3.05, 3.63) is 0 Å². The van der Waals surface area contributed by atoms with E-state index in [0.29, 0.717) is 0 Å². The Labute approximate surface area is 145 Å². The zero-order chi connectivity index (χ0) is 16.8. The van der Waals surface area contributed by atoms with Crippen LogP contribution in [0.4, 0.5) is 4.79 Å². The first-order chi connectivity index (χ1) is 10.7. The summed E-state index contributed by atoms with van der Waals surface area (Å²) < 4.78 is 18.5. The third kappa shape index (κ3) is 3.77. The number of rotatable bonds is 7. The number of hydrogen-bond acceptors (Lipinski definition) is 4. The summed E-state index contributed by atoms with van der Waals surface area (Å²) in [7, 11) is -3.56. The van der Waals surface area contributed by atoms with Crippen LogP contribution >= 0.6 is 19.5 Å². The minimum atomic E-state index is -3.56. The molecule has 4 nitrogen and oxygen atoms in total. The molecule has 0 saturated heterocycles. The van der Waals surface area contributed by atoms with Crippen molar-refractivity contribution >= 4 is 24.5 Å². The fraction of sp³-hybridized carbons (Fsp3) is 0.941. The molecular weight excluding hydrogens is 335 g/mol. The molecule has 0 amide bonds. The monoisotopic (exact) mass is 364 g/mol. The number of hydrogen-bond donors (Lipinski definition) is 0. The van der Waals surface area contributed by atoms with E-state index in [4.69, 9.17) is 25.2 Å².